The van der Waals surface area contributed by atoms with Crippen LogP contribution in [0.15, 0.2) is 5.57 Å². The van der Waals surface area contributed by atoms with Gasteiger partial charge in [0.15, 0.2) is 0 Å². The van der Waals surface area contributed by atoms with Gasteiger partial charge in [-0.05, 0) is 25.7 Å². The van der Waals surface area contributed by atoms with Crippen molar-refractivity contribution in [3.05, 3.63) is 5.57 Å². The van der Waals surface area contributed by atoms with Crippen LogP contribution in [0.25, 0.3) is 0 Å². The Hall–Kier alpha value is -1.08. The fraction of sp³-hybridized carbons (Fsp3) is 0.700. The van der Waals surface area contributed by atoms with Gasteiger partial charge in [0.05, 0.1) is 5.92 Å². The predicted molar refractivity (Wildman–Crippen MR) is 50.1 cm³/mol. The first-order chi connectivity index (χ1) is 6.02. The maximum atomic E-state index is 10.6. The van der Waals surface area contributed by atoms with E-state index in [0.29, 0.717) is 12.0 Å². The zero-order chi connectivity index (χ0) is 10.4. The lowest BCUT2D eigenvalue weighted by molar-refractivity contribution is -0.141. The van der Waals surface area contributed by atoms with Gasteiger partial charge < -0.3 is 5.11 Å². The Kier molecular flexibility index (Phi) is 5.09. The quantitative estimate of drug-likeness (QED) is 0.664. The Morgan fingerprint density at radius 1 is 1.54 bits per heavy atom. The van der Waals surface area contributed by atoms with Crippen LogP contribution in [0.1, 0.15) is 33.6 Å². The van der Waals surface area contributed by atoms with Crippen molar-refractivity contribution in [2.75, 3.05) is 0 Å². The lowest BCUT2D eigenvalue weighted by Crippen LogP contribution is -2.15. The van der Waals surface area contributed by atoms with Crippen LogP contribution in [0.3, 0.4) is 0 Å². The van der Waals surface area contributed by atoms with Crippen molar-refractivity contribution in [2.24, 2.45) is 11.8 Å². The monoisotopic (exact) mass is 184 g/mol. The van der Waals surface area contributed by atoms with E-state index in [0.717, 1.165) is 6.42 Å². The first kappa shape index (κ1) is 11.9. The zero-order valence-electron chi connectivity index (χ0n) is 8.33. The van der Waals surface area contributed by atoms with Crippen LogP contribution in [-0.4, -0.2) is 17.0 Å². The fourth-order valence-corrected chi connectivity index (χ4v) is 1.26. The number of rotatable bonds is 5. The largest absolute Gasteiger partial charge is 0.481 e. The molecule has 0 aliphatic heterocycles. The molecular weight excluding hydrogens is 168 g/mol. The summed E-state index contributed by atoms with van der Waals surface area (Å²) in [5.74, 6) is 0.690. The van der Waals surface area contributed by atoms with Gasteiger partial charge in [-0.3, -0.25) is 4.79 Å². The lowest BCUT2D eigenvalue weighted by Gasteiger charge is -2.15. The number of hydrogen-bond acceptors (Lipinski definition) is 2. The SMILES string of the molecule is CCC(CC(C)C(=O)O)C(C)=C=O. The molecule has 0 heterocycles. The Morgan fingerprint density at radius 3 is 2.38 bits per heavy atom. The Labute approximate surface area is 78.5 Å². The van der Waals surface area contributed by atoms with Crippen LogP contribution >= 0.6 is 0 Å². The molecule has 1 N–H and O–H groups in total. The minimum Gasteiger partial charge on any atom is -0.481 e. The van der Waals surface area contributed by atoms with Crippen molar-refractivity contribution in [3.63, 3.8) is 0 Å². The molecule has 0 aliphatic rings. The summed E-state index contributed by atoms with van der Waals surface area (Å²) >= 11 is 0. The van der Waals surface area contributed by atoms with Crippen LogP contribution in [0.4, 0.5) is 0 Å². The molecule has 0 spiro atoms. The third-order valence-electron chi connectivity index (χ3n) is 2.33. The van der Waals surface area contributed by atoms with Gasteiger partial charge in [-0.2, -0.15) is 0 Å². The molecule has 0 radical (unpaired) electrons. The highest BCUT2D eigenvalue weighted by atomic mass is 16.4. The molecule has 3 heteroatoms. The molecule has 0 aromatic rings. The molecule has 0 fully saturated rings. The molecule has 13 heavy (non-hydrogen) atoms. The van der Waals surface area contributed by atoms with Gasteiger partial charge in [0.25, 0.3) is 0 Å². The van der Waals surface area contributed by atoms with E-state index >= 15 is 0 Å². The van der Waals surface area contributed by atoms with Crippen molar-refractivity contribution in [3.8, 4) is 0 Å². The van der Waals surface area contributed by atoms with Gasteiger partial charge in [0, 0.05) is 5.57 Å². The molecule has 3 nitrogen and oxygen atoms in total. The lowest BCUT2D eigenvalue weighted by atomic mass is 9.89. The number of allylic oxidation sites excluding steroid dienone is 1. The van der Waals surface area contributed by atoms with Crippen molar-refractivity contribution in [2.45, 2.75) is 33.6 Å². The molecular formula is C10H16O3. The van der Waals surface area contributed by atoms with Crippen LogP contribution < -0.4 is 0 Å². The maximum Gasteiger partial charge on any atom is 0.306 e. The summed E-state index contributed by atoms with van der Waals surface area (Å²) < 4.78 is 0. The second-order valence-electron chi connectivity index (χ2n) is 3.37. The first-order valence-electron chi connectivity index (χ1n) is 4.47. The molecule has 74 valence electrons. The normalized spacial score (nSPS) is 14.4. The van der Waals surface area contributed by atoms with Gasteiger partial charge in [-0.15, -0.1) is 0 Å². The highest BCUT2D eigenvalue weighted by molar-refractivity contribution is 5.69. The third-order valence-corrected chi connectivity index (χ3v) is 2.33. The minimum absolute atomic E-state index is 0.0589. The number of carbonyl (C=O) groups excluding carboxylic acids is 1. The molecule has 0 aromatic heterocycles. The van der Waals surface area contributed by atoms with Crippen molar-refractivity contribution in [1.82, 2.24) is 0 Å². The standard InChI is InChI=1S/C10H16O3/c1-4-9(8(3)6-11)5-7(2)10(12)13/h7,9H,4-5H2,1-3H3,(H,12,13). The highest BCUT2D eigenvalue weighted by Gasteiger charge is 2.18. The summed E-state index contributed by atoms with van der Waals surface area (Å²) in [7, 11) is 0. The van der Waals surface area contributed by atoms with Crippen molar-refractivity contribution in [1.29, 1.82) is 0 Å². The predicted octanol–water partition coefficient (Wildman–Crippen LogP) is 1.90. The van der Waals surface area contributed by atoms with Crippen molar-refractivity contribution >= 4 is 11.9 Å². The molecule has 0 amide bonds. The van der Waals surface area contributed by atoms with E-state index in [9.17, 15) is 9.59 Å². The van der Waals surface area contributed by atoms with Gasteiger partial charge in [-0.1, -0.05) is 13.8 Å². The van der Waals surface area contributed by atoms with Gasteiger partial charge in [0.2, 0.25) is 0 Å². The number of carboxylic acids is 1. The zero-order valence-corrected chi connectivity index (χ0v) is 8.33. The van der Waals surface area contributed by atoms with Gasteiger partial charge in [0.1, 0.15) is 5.94 Å². The van der Waals surface area contributed by atoms with E-state index in [1.165, 1.54) is 0 Å². The summed E-state index contributed by atoms with van der Waals surface area (Å²) in [6.07, 6.45) is 1.31. The second-order valence-corrected chi connectivity index (χ2v) is 3.37. The summed E-state index contributed by atoms with van der Waals surface area (Å²) in [5, 5.41) is 8.67. The average molecular weight is 184 g/mol. The molecule has 2 atom stereocenters. The van der Waals surface area contributed by atoms with Crippen LogP contribution in [0.2, 0.25) is 0 Å². The van der Waals surface area contributed by atoms with Crippen molar-refractivity contribution < 1.29 is 14.7 Å². The van der Waals surface area contributed by atoms with Gasteiger partial charge in [-0.25, -0.2) is 4.79 Å². The molecule has 0 rings (SSSR count). The summed E-state index contributed by atoms with van der Waals surface area (Å²) in [6, 6.07) is 0. The Balaban J connectivity index is 4.29. The summed E-state index contributed by atoms with van der Waals surface area (Å²) in [6.45, 7) is 5.30. The van der Waals surface area contributed by atoms with Crippen LogP contribution in [0, 0.1) is 11.8 Å². The number of hydrogen-bond donors (Lipinski definition) is 1. The summed E-state index contributed by atoms with van der Waals surface area (Å²) in [5.41, 5.74) is 0.621. The number of carbonyl (C=O) groups is 1. The topological polar surface area (TPSA) is 54.4 Å². The van der Waals surface area contributed by atoms with E-state index in [1.54, 1.807) is 13.8 Å². The van der Waals surface area contributed by atoms with E-state index < -0.39 is 11.9 Å². The molecule has 0 aliphatic carbocycles. The second kappa shape index (κ2) is 5.55. The molecule has 0 saturated carbocycles. The molecule has 2 unspecified atom stereocenters. The van der Waals surface area contributed by atoms with Gasteiger partial charge >= 0.3 is 5.97 Å². The fourth-order valence-electron chi connectivity index (χ4n) is 1.26. The van der Waals surface area contributed by atoms with E-state index in [-0.39, 0.29) is 5.92 Å². The van der Waals surface area contributed by atoms with E-state index in [2.05, 4.69) is 0 Å². The number of carboxylic acid groups (broad SMARTS) is 1. The minimum atomic E-state index is -0.808. The first-order valence-corrected chi connectivity index (χ1v) is 4.47. The molecule has 0 saturated heterocycles. The Bertz CT molecular complexity index is 226. The van der Waals surface area contributed by atoms with E-state index in [1.807, 2.05) is 12.9 Å². The van der Waals surface area contributed by atoms with E-state index in [4.69, 9.17) is 5.11 Å². The highest BCUT2D eigenvalue weighted by Crippen LogP contribution is 2.21. The number of aliphatic carboxylic acids is 1. The third kappa shape index (κ3) is 3.90. The van der Waals surface area contributed by atoms with Crippen LogP contribution in [-0.2, 0) is 9.59 Å². The van der Waals surface area contributed by atoms with Crippen LogP contribution in [0.5, 0.6) is 0 Å². The smallest absolute Gasteiger partial charge is 0.306 e. The molecule has 0 aromatic carbocycles. The maximum absolute atomic E-state index is 10.6. The Morgan fingerprint density at radius 2 is 2.08 bits per heavy atom. The average Bonchev–Trinajstić information content (AvgIpc) is 2.12. The molecule has 0 bridgehead atoms. The summed E-state index contributed by atoms with van der Waals surface area (Å²) in [4.78, 5) is 20.9.